The molecule has 2 aromatic heterocycles. The number of aryl methyl sites for hydroxylation is 1. The number of thiophene rings is 1. The average molecular weight is 590 g/mol. The molecule has 2 N–H and O–H groups in total. The number of esters is 1. The van der Waals surface area contributed by atoms with Crippen molar-refractivity contribution in [3.05, 3.63) is 34.2 Å². The summed E-state index contributed by atoms with van der Waals surface area (Å²) in [6.45, 7) is 3.96. The molecule has 1 aliphatic carbocycles. The second-order valence-corrected chi connectivity index (χ2v) is 11.3. The monoisotopic (exact) mass is 589 g/mol. The number of nitrogens with one attached hydrogen (secondary N) is 1. The van der Waals surface area contributed by atoms with Crippen molar-refractivity contribution in [2.75, 3.05) is 31.5 Å². The van der Waals surface area contributed by atoms with Crippen molar-refractivity contribution in [3.63, 3.8) is 0 Å². The average Bonchev–Trinajstić information content (AvgIpc) is 3.55. The van der Waals surface area contributed by atoms with Gasteiger partial charge in [0, 0.05) is 48.5 Å². The lowest BCUT2D eigenvalue weighted by molar-refractivity contribution is -0.939. The number of carbonyl (C=O) groups excluding carboxylic acids is 2. The van der Waals surface area contributed by atoms with Crippen LogP contribution in [0.15, 0.2) is 28.1 Å². The van der Waals surface area contributed by atoms with Crippen LogP contribution in [0.5, 0.6) is 0 Å². The van der Waals surface area contributed by atoms with E-state index in [9.17, 15) is 23.5 Å². The Bertz CT molecular complexity index is 1090. The summed E-state index contributed by atoms with van der Waals surface area (Å²) in [4.78, 5) is 26.5. The lowest BCUT2D eigenvalue weighted by atomic mass is 9.82. The van der Waals surface area contributed by atoms with Crippen LogP contribution in [0.25, 0.3) is 0 Å². The molecule has 3 atom stereocenters. The molecule has 198 valence electrons. The molecule has 4 fully saturated rings. The molecule has 3 aliphatic heterocycles. The number of halogens is 3. The Morgan fingerprint density at radius 2 is 2.11 bits per heavy atom. The second-order valence-electron chi connectivity index (χ2n) is 10.3. The summed E-state index contributed by atoms with van der Waals surface area (Å²) in [5, 5.41) is 19.8. The van der Waals surface area contributed by atoms with Gasteiger partial charge in [0.15, 0.2) is 24.1 Å². The maximum absolute atomic E-state index is 14.0. The highest BCUT2D eigenvalue weighted by Gasteiger charge is 2.57. The van der Waals surface area contributed by atoms with E-state index in [1.54, 1.807) is 30.5 Å². The summed E-state index contributed by atoms with van der Waals surface area (Å²) in [5.41, 5.74) is -2.10. The zero-order chi connectivity index (χ0) is 24.8. The fourth-order valence-electron chi connectivity index (χ4n) is 5.99. The fourth-order valence-corrected chi connectivity index (χ4v) is 6.88. The minimum Gasteiger partial charge on any atom is -1.00 e. The maximum Gasteiger partial charge on any atom is 0.344 e. The molecule has 3 saturated heterocycles. The summed E-state index contributed by atoms with van der Waals surface area (Å²) >= 11 is 1.17. The van der Waals surface area contributed by atoms with Crippen molar-refractivity contribution in [1.82, 2.24) is 5.16 Å². The van der Waals surface area contributed by atoms with E-state index in [1.807, 2.05) is 0 Å². The molecule has 8 nitrogen and oxygen atoms in total. The molecule has 4 aliphatic rings. The normalized spacial score (nSPS) is 30.3. The third kappa shape index (κ3) is 5.23. The smallest absolute Gasteiger partial charge is 0.344 e. The van der Waals surface area contributed by atoms with E-state index in [4.69, 9.17) is 9.26 Å². The standard InChI is InChI=1S/C24H29F2N3O5S.BrH/c1-15-11-20(28-34-15)27-21(30)14-29-8-5-16(6-9-29)18(13-29)33-22(31)24(32,19-3-2-10-35-19)17-4-7-23(25,26)12-17;/h2-3,10-11,16-18,32H,4-9,12-14H2,1H3;1H/t16?,17?,18?,24-,29?;/m0./s1. The first-order valence-electron chi connectivity index (χ1n) is 12.0. The van der Waals surface area contributed by atoms with Crippen molar-refractivity contribution >= 4 is 29.0 Å². The SMILES string of the molecule is Cc1cc(NC(=O)C[N+]23CCC(CC2)C(OC(=O)[C@@](O)(c2cccs2)C2CCC(F)(F)C2)C3)no1.[Br-]. The lowest BCUT2D eigenvalue weighted by Gasteiger charge is -2.51. The van der Waals surface area contributed by atoms with Crippen molar-refractivity contribution in [3.8, 4) is 0 Å². The first kappa shape index (κ1) is 27.2. The van der Waals surface area contributed by atoms with Gasteiger partial charge in [-0.25, -0.2) is 13.6 Å². The van der Waals surface area contributed by atoms with E-state index in [0.29, 0.717) is 27.5 Å². The third-order valence-corrected chi connectivity index (χ3v) is 8.87. The van der Waals surface area contributed by atoms with Gasteiger partial charge in [0.05, 0.1) is 13.1 Å². The van der Waals surface area contributed by atoms with E-state index in [0.717, 1.165) is 25.9 Å². The van der Waals surface area contributed by atoms with Crippen LogP contribution < -0.4 is 22.3 Å². The van der Waals surface area contributed by atoms with Gasteiger partial charge in [0.2, 0.25) is 5.92 Å². The first-order chi connectivity index (χ1) is 16.6. The Morgan fingerprint density at radius 3 is 2.69 bits per heavy atom. The number of anilines is 1. The summed E-state index contributed by atoms with van der Waals surface area (Å²) in [6.07, 6.45) is 0.227. The first-order valence-corrected chi connectivity index (χ1v) is 12.9. The molecule has 1 saturated carbocycles. The van der Waals surface area contributed by atoms with Gasteiger partial charge in [-0.05, 0) is 24.8 Å². The Kier molecular flexibility index (Phi) is 7.63. The van der Waals surface area contributed by atoms with Crippen LogP contribution in [0.1, 0.15) is 42.7 Å². The number of carbonyl (C=O) groups is 2. The van der Waals surface area contributed by atoms with Crippen LogP contribution in [0.4, 0.5) is 14.6 Å². The van der Waals surface area contributed by atoms with E-state index >= 15 is 0 Å². The zero-order valence-electron chi connectivity index (χ0n) is 19.9. The van der Waals surface area contributed by atoms with Gasteiger partial charge in [-0.2, -0.15) is 0 Å². The molecule has 12 heteroatoms. The Morgan fingerprint density at radius 1 is 1.36 bits per heavy atom. The Hall–Kier alpha value is -1.89. The highest BCUT2D eigenvalue weighted by atomic mass is 79.9. The van der Waals surface area contributed by atoms with Gasteiger partial charge in [0.25, 0.3) is 5.91 Å². The van der Waals surface area contributed by atoms with Crippen molar-refractivity contribution < 1.29 is 54.2 Å². The number of hydrogen-bond donors (Lipinski definition) is 2. The topological polar surface area (TPSA) is 102 Å². The molecule has 1 amide bonds. The second kappa shape index (κ2) is 10.1. The van der Waals surface area contributed by atoms with Gasteiger partial charge in [-0.1, -0.05) is 11.2 Å². The molecule has 0 radical (unpaired) electrons. The van der Waals surface area contributed by atoms with Crippen LogP contribution in [-0.2, 0) is 19.9 Å². The maximum atomic E-state index is 14.0. The molecule has 36 heavy (non-hydrogen) atoms. The molecular weight excluding hydrogens is 560 g/mol. The van der Waals surface area contributed by atoms with Gasteiger partial charge in [0.1, 0.15) is 12.3 Å². The molecule has 2 unspecified atom stereocenters. The summed E-state index contributed by atoms with van der Waals surface area (Å²) in [6, 6.07) is 4.93. The number of alkyl halides is 2. The van der Waals surface area contributed by atoms with Gasteiger partial charge >= 0.3 is 5.97 Å². The molecule has 0 spiro atoms. The summed E-state index contributed by atoms with van der Waals surface area (Å²) < 4.78 is 39.4. The molecule has 0 aromatic carbocycles. The fraction of sp³-hybridized carbons (Fsp3) is 0.625. The number of fused-ring (bicyclic) bond motifs is 3. The van der Waals surface area contributed by atoms with Crippen molar-refractivity contribution in [2.45, 2.75) is 56.7 Å². The predicted molar refractivity (Wildman–Crippen MR) is 123 cm³/mol. The number of nitrogens with zero attached hydrogens (tertiary/aromatic N) is 2. The number of quaternary nitrogens is 1. The molecule has 2 bridgehead atoms. The van der Waals surface area contributed by atoms with Crippen molar-refractivity contribution in [2.24, 2.45) is 11.8 Å². The van der Waals surface area contributed by atoms with Gasteiger partial charge in [-0.3, -0.25) is 4.79 Å². The number of amides is 1. The number of piperidine rings is 3. The zero-order valence-corrected chi connectivity index (χ0v) is 22.3. The number of aromatic nitrogens is 1. The predicted octanol–water partition coefficient (Wildman–Crippen LogP) is 0.462. The third-order valence-electron chi connectivity index (χ3n) is 7.88. The Labute approximate surface area is 222 Å². The number of hydrogen-bond acceptors (Lipinski definition) is 7. The minimum absolute atomic E-state index is 0. The molecule has 5 heterocycles. The Balaban J connectivity index is 0.00000304. The van der Waals surface area contributed by atoms with E-state index in [1.165, 1.54) is 11.3 Å². The quantitative estimate of drug-likeness (QED) is 0.359. The van der Waals surface area contributed by atoms with Crippen LogP contribution in [-0.4, -0.2) is 64.8 Å². The molecule has 6 rings (SSSR count). The number of ether oxygens (including phenoxy) is 1. The van der Waals surface area contributed by atoms with E-state index in [-0.39, 0.29) is 48.2 Å². The largest absolute Gasteiger partial charge is 1.00 e. The van der Waals surface area contributed by atoms with Crippen molar-refractivity contribution in [1.29, 1.82) is 0 Å². The number of aliphatic hydroxyl groups is 1. The summed E-state index contributed by atoms with van der Waals surface area (Å²) in [5.74, 6) is -3.81. The highest BCUT2D eigenvalue weighted by Crippen LogP contribution is 2.49. The highest BCUT2D eigenvalue weighted by molar-refractivity contribution is 7.10. The van der Waals surface area contributed by atoms with Crippen LogP contribution in [0, 0.1) is 18.8 Å². The van der Waals surface area contributed by atoms with Gasteiger partial charge < -0.3 is 41.1 Å². The van der Waals surface area contributed by atoms with Crippen LogP contribution in [0.3, 0.4) is 0 Å². The van der Waals surface area contributed by atoms with E-state index in [2.05, 4.69) is 10.5 Å². The molecule has 2 aromatic rings. The van der Waals surface area contributed by atoms with Crippen LogP contribution >= 0.6 is 11.3 Å². The van der Waals surface area contributed by atoms with Gasteiger partial charge in [-0.15, -0.1) is 11.3 Å². The van der Waals surface area contributed by atoms with E-state index < -0.39 is 35.9 Å². The minimum atomic E-state index is -2.91. The molecular formula is C24H30BrF2N3O5S. The van der Waals surface area contributed by atoms with Crippen LogP contribution in [0.2, 0.25) is 0 Å². The summed E-state index contributed by atoms with van der Waals surface area (Å²) in [7, 11) is 0. The lowest BCUT2D eigenvalue weighted by Crippen LogP contribution is -3.00. The number of rotatable bonds is 7.